The third-order valence-electron chi connectivity index (χ3n) is 6.73. The van der Waals surface area contributed by atoms with E-state index in [2.05, 4.69) is 31.0 Å². The Balaban J connectivity index is 1.31. The first-order chi connectivity index (χ1) is 15.5. The van der Waals surface area contributed by atoms with Crippen LogP contribution in [-0.2, 0) is 22.6 Å². The largest absolute Gasteiger partial charge is 0.473 e. The van der Waals surface area contributed by atoms with Gasteiger partial charge in [0.15, 0.2) is 0 Å². The quantitative estimate of drug-likeness (QED) is 0.482. The van der Waals surface area contributed by atoms with Gasteiger partial charge in [0.25, 0.3) is 0 Å². The van der Waals surface area contributed by atoms with Crippen molar-refractivity contribution in [2.24, 2.45) is 11.8 Å². The lowest BCUT2D eigenvalue weighted by Crippen LogP contribution is -2.11. The number of pyridine rings is 1. The van der Waals surface area contributed by atoms with Crippen LogP contribution in [-0.4, -0.2) is 17.6 Å². The van der Waals surface area contributed by atoms with Gasteiger partial charge in [-0.05, 0) is 78.6 Å². The number of carbonyl (C=O) groups excluding carboxylic acids is 1. The molecule has 4 nitrogen and oxygen atoms in total. The lowest BCUT2D eigenvalue weighted by Gasteiger charge is -2.13. The number of hydrogen-bond acceptors (Lipinski definition) is 4. The predicted octanol–water partition coefficient (Wildman–Crippen LogP) is 5.53. The van der Waals surface area contributed by atoms with Crippen molar-refractivity contribution in [3.05, 3.63) is 82.3 Å². The van der Waals surface area contributed by atoms with Gasteiger partial charge >= 0.3 is 5.97 Å². The summed E-state index contributed by atoms with van der Waals surface area (Å²) in [6.07, 6.45) is 2.64. The molecular formula is C27H26FNO3. The van der Waals surface area contributed by atoms with Crippen LogP contribution in [0.4, 0.5) is 4.39 Å². The van der Waals surface area contributed by atoms with Gasteiger partial charge in [-0.2, -0.15) is 0 Å². The van der Waals surface area contributed by atoms with Gasteiger partial charge in [0, 0.05) is 23.7 Å². The van der Waals surface area contributed by atoms with Crippen molar-refractivity contribution in [1.82, 2.24) is 4.98 Å². The number of rotatable bonds is 6. The number of esters is 1. The lowest BCUT2D eigenvalue weighted by molar-refractivity contribution is -0.145. The van der Waals surface area contributed by atoms with Gasteiger partial charge in [0.1, 0.15) is 12.4 Å². The molecule has 0 aliphatic heterocycles. The molecule has 0 N–H and O–H groups in total. The topological polar surface area (TPSA) is 48.4 Å². The zero-order chi connectivity index (χ0) is 22.4. The molecule has 0 spiro atoms. The fraction of sp³-hybridized carbons (Fsp3) is 0.333. The number of hydrogen-bond donors (Lipinski definition) is 0. The highest BCUT2D eigenvalue weighted by molar-refractivity contribution is 5.79. The van der Waals surface area contributed by atoms with Crippen LogP contribution < -0.4 is 4.74 Å². The zero-order valence-corrected chi connectivity index (χ0v) is 18.5. The van der Waals surface area contributed by atoms with E-state index in [-0.39, 0.29) is 30.2 Å². The second-order valence-electron chi connectivity index (χ2n) is 8.75. The third-order valence-corrected chi connectivity index (χ3v) is 6.73. The normalized spacial score (nSPS) is 20.4. The highest BCUT2D eigenvalue weighted by atomic mass is 19.1. The van der Waals surface area contributed by atoms with E-state index in [0.29, 0.717) is 24.0 Å². The average molecular weight is 432 g/mol. The van der Waals surface area contributed by atoms with E-state index >= 15 is 0 Å². The van der Waals surface area contributed by atoms with Crippen molar-refractivity contribution in [3.63, 3.8) is 0 Å². The molecule has 5 heteroatoms. The first-order valence-corrected chi connectivity index (χ1v) is 11.1. The molecule has 2 aromatic carbocycles. The minimum Gasteiger partial charge on any atom is -0.473 e. The van der Waals surface area contributed by atoms with Crippen molar-refractivity contribution < 1.29 is 18.7 Å². The molecule has 1 fully saturated rings. The Kier molecular flexibility index (Phi) is 5.20. The summed E-state index contributed by atoms with van der Waals surface area (Å²) in [5, 5.41) is 0. The van der Waals surface area contributed by atoms with Crippen LogP contribution >= 0.6 is 0 Å². The highest BCUT2D eigenvalue weighted by Crippen LogP contribution is 2.61. The summed E-state index contributed by atoms with van der Waals surface area (Å²) in [6, 6.07) is 13.3. The Bertz CT molecular complexity index is 1190. The van der Waals surface area contributed by atoms with E-state index < -0.39 is 0 Å². The molecule has 164 valence electrons. The third kappa shape index (κ3) is 3.56. The number of fused-ring (bicyclic) bond motifs is 3. The summed E-state index contributed by atoms with van der Waals surface area (Å²) in [6.45, 7) is 6.47. The van der Waals surface area contributed by atoms with E-state index in [1.54, 1.807) is 6.20 Å². The lowest BCUT2D eigenvalue weighted by atomic mass is 9.94. The number of nitrogens with zero attached hydrogens (tertiary/aromatic N) is 1. The number of aromatic nitrogens is 1. The van der Waals surface area contributed by atoms with E-state index in [9.17, 15) is 9.18 Å². The van der Waals surface area contributed by atoms with E-state index in [0.717, 1.165) is 39.8 Å². The first kappa shape index (κ1) is 20.7. The van der Waals surface area contributed by atoms with Crippen LogP contribution in [0.5, 0.6) is 5.88 Å². The fourth-order valence-corrected chi connectivity index (χ4v) is 5.17. The standard InChI is InChI=1S/C27H26FNO3/c1-4-31-27(30)26-20-11-18-12-23(29-13-21(18)25(20)26)32-14-19-10-17(8-9-22(19)28)24-15(2)6-5-7-16(24)3/h5-10,12-13,20,25-26H,4,11,14H2,1-3H3/t20-,25-,26+/m1/s1. The SMILES string of the molecule is CCOC(=O)[C@H]1[C@@H]2Cc3cc(OCc4cc(-c5c(C)cccc5C)ccc4F)ncc3[C@@H]21. The Morgan fingerprint density at radius 3 is 2.69 bits per heavy atom. The van der Waals surface area contributed by atoms with Crippen LogP contribution in [0.2, 0.25) is 0 Å². The molecule has 0 bridgehead atoms. The molecule has 2 aliphatic carbocycles. The second-order valence-corrected chi connectivity index (χ2v) is 8.75. The molecule has 1 heterocycles. The molecule has 0 saturated heterocycles. The molecule has 5 rings (SSSR count). The van der Waals surface area contributed by atoms with Crippen molar-refractivity contribution in [2.75, 3.05) is 6.61 Å². The average Bonchev–Trinajstić information content (AvgIpc) is 3.36. The molecular weight excluding hydrogens is 405 g/mol. The van der Waals surface area contributed by atoms with Gasteiger partial charge in [0.05, 0.1) is 12.5 Å². The maximum absolute atomic E-state index is 14.5. The molecule has 1 saturated carbocycles. The van der Waals surface area contributed by atoms with Crippen LogP contribution in [0.1, 0.15) is 40.7 Å². The van der Waals surface area contributed by atoms with Gasteiger partial charge < -0.3 is 9.47 Å². The van der Waals surface area contributed by atoms with Crippen LogP contribution in [0.15, 0.2) is 48.7 Å². The Hall–Kier alpha value is -3.21. The minimum atomic E-state index is -0.292. The van der Waals surface area contributed by atoms with Crippen LogP contribution in [0, 0.1) is 31.5 Å². The van der Waals surface area contributed by atoms with Gasteiger partial charge in [-0.15, -0.1) is 0 Å². The summed E-state index contributed by atoms with van der Waals surface area (Å²) in [4.78, 5) is 16.5. The molecule has 2 aliphatic rings. The fourth-order valence-electron chi connectivity index (χ4n) is 5.17. The maximum Gasteiger partial charge on any atom is 0.309 e. The van der Waals surface area contributed by atoms with Crippen molar-refractivity contribution in [2.45, 2.75) is 39.7 Å². The summed E-state index contributed by atoms with van der Waals surface area (Å²) >= 11 is 0. The van der Waals surface area contributed by atoms with Crippen molar-refractivity contribution in [1.29, 1.82) is 0 Å². The maximum atomic E-state index is 14.5. The number of ether oxygens (including phenoxy) is 2. The molecule has 3 aromatic rings. The summed E-state index contributed by atoms with van der Waals surface area (Å²) < 4.78 is 25.5. The first-order valence-electron chi connectivity index (χ1n) is 11.1. The molecule has 0 amide bonds. The van der Waals surface area contributed by atoms with Crippen molar-refractivity contribution >= 4 is 5.97 Å². The second kappa shape index (κ2) is 8.05. The monoisotopic (exact) mass is 431 g/mol. The number of halogens is 1. The molecule has 0 radical (unpaired) electrons. The number of aryl methyl sites for hydroxylation is 2. The Morgan fingerprint density at radius 2 is 1.94 bits per heavy atom. The van der Waals surface area contributed by atoms with E-state index in [1.165, 1.54) is 6.07 Å². The number of benzene rings is 2. The van der Waals surface area contributed by atoms with Gasteiger partial charge in [-0.3, -0.25) is 4.79 Å². The van der Waals surface area contributed by atoms with E-state index in [4.69, 9.17) is 9.47 Å². The van der Waals surface area contributed by atoms with Crippen molar-refractivity contribution in [3.8, 4) is 17.0 Å². The summed E-state index contributed by atoms with van der Waals surface area (Å²) in [5.41, 5.74) is 7.19. The Labute approximate surface area is 187 Å². The summed E-state index contributed by atoms with van der Waals surface area (Å²) in [5.74, 6) is 0.587. The summed E-state index contributed by atoms with van der Waals surface area (Å²) in [7, 11) is 0. The number of carbonyl (C=O) groups is 1. The van der Waals surface area contributed by atoms with Crippen LogP contribution in [0.25, 0.3) is 11.1 Å². The molecule has 3 atom stereocenters. The van der Waals surface area contributed by atoms with Crippen LogP contribution in [0.3, 0.4) is 0 Å². The van der Waals surface area contributed by atoms with Gasteiger partial charge in [0.2, 0.25) is 5.88 Å². The highest BCUT2D eigenvalue weighted by Gasteiger charge is 2.60. The zero-order valence-electron chi connectivity index (χ0n) is 18.5. The molecule has 1 aromatic heterocycles. The van der Waals surface area contributed by atoms with Gasteiger partial charge in [-0.1, -0.05) is 24.3 Å². The Morgan fingerprint density at radius 1 is 1.16 bits per heavy atom. The van der Waals surface area contributed by atoms with Gasteiger partial charge in [-0.25, -0.2) is 9.37 Å². The molecule has 0 unspecified atom stereocenters. The minimum absolute atomic E-state index is 0.0299. The van der Waals surface area contributed by atoms with E-state index in [1.807, 2.05) is 31.2 Å². The smallest absolute Gasteiger partial charge is 0.309 e. The predicted molar refractivity (Wildman–Crippen MR) is 120 cm³/mol. The molecule has 32 heavy (non-hydrogen) atoms.